The Hall–Kier alpha value is -2.04. The highest BCUT2D eigenvalue weighted by Gasteiger charge is 2.42. The molecule has 2 aromatic carbocycles. The lowest BCUT2D eigenvalue weighted by Gasteiger charge is -2.47. The van der Waals surface area contributed by atoms with Crippen molar-refractivity contribution < 1.29 is 9.53 Å². The number of hydrogen-bond donors (Lipinski definition) is 2. The molecular formula is C25H31ClN2O2. The number of nitrogens with one attached hydrogen (secondary N) is 2. The van der Waals surface area contributed by atoms with E-state index in [4.69, 9.17) is 4.74 Å². The maximum absolute atomic E-state index is 12.6. The number of hydrogen-bond acceptors (Lipinski definition) is 3. The number of ether oxygens (including phenoxy) is 1. The van der Waals surface area contributed by atoms with Crippen molar-refractivity contribution >= 4 is 29.7 Å². The topological polar surface area (TPSA) is 50.4 Å². The van der Waals surface area contributed by atoms with E-state index in [9.17, 15) is 4.79 Å². The third-order valence-corrected chi connectivity index (χ3v) is 6.96. The van der Waals surface area contributed by atoms with Crippen LogP contribution < -0.4 is 10.6 Å². The van der Waals surface area contributed by atoms with E-state index in [1.165, 1.54) is 49.8 Å². The maximum atomic E-state index is 12.6. The molecule has 1 aliphatic carbocycles. The van der Waals surface area contributed by atoms with Crippen molar-refractivity contribution in [2.24, 2.45) is 11.8 Å². The molecule has 5 heteroatoms. The van der Waals surface area contributed by atoms with Gasteiger partial charge >= 0.3 is 0 Å². The van der Waals surface area contributed by atoms with Gasteiger partial charge in [-0.3, -0.25) is 4.79 Å². The fourth-order valence-corrected chi connectivity index (χ4v) is 5.54. The number of amides is 1. The average molecular weight is 427 g/mol. The lowest BCUT2D eigenvalue weighted by atomic mass is 9.71. The summed E-state index contributed by atoms with van der Waals surface area (Å²) in [4.78, 5) is 12.6. The Morgan fingerprint density at radius 1 is 0.967 bits per heavy atom. The van der Waals surface area contributed by atoms with Gasteiger partial charge in [-0.1, -0.05) is 37.5 Å². The summed E-state index contributed by atoms with van der Waals surface area (Å²) in [7, 11) is 0. The number of carbonyl (C=O) groups excluding carboxylic acids is 1. The maximum Gasteiger partial charge on any atom is 0.255 e. The summed E-state index contributed by atoms with van der Waals surface area (Å²) in [5.41, 5.74) is 3.89. The number of fused-ring (bicyclic) bond motifs is 3. The molecule has 0 aromatic heterocycles. The van der Waals surface area contributed by atoms with Crippen molar-refractivity contribution in [3.05, 3.63) is 59.7 Å². The summed E-state index contributed by atoms with van der Waals surface area (Å²) in [5, 5.41) is 6.94. The molecule has 0 radical (unpaired) electrons. The molecule has 2 fully saturated rings. The van der Waals surface area contributed by atoms with Crippen LogP contribution in [0.3, 0.4) is 0 Å². The van der Waals surface area contributed by atoms with Gasteiger partial charge in [0.2, 0.25) is 0 Å². The fourth-order valence-electron chi connectivity index (χ4n) is 5.54. The Bertz CT molecular complexity index is 867. The SMILES string of the molecule is Cl.O=C(Nc1ccc2c(c1)[C@H]1OCCC[C@H]1[C@@H](C1CCCCC1)N2)c1ccccc1. The van der Waals surface area contributed by atoms with E-state index in [0.717, 1.165) is 24.6 Å². The first-order valence-electron chi connectivity index (χ1n) is 11.2. The first kappa shape index (κ1) is 21.2. The van der Waals surface area contributed by atoms with Gasteiger partial charge in [-0.25, -0.2) is 0 Å². The fraction of sp³-hybridized carbons (Fsp3) is 0.480. The van der Waals surface area contributed by atoms with Crippen molar-refractivity contribution in [2.75, 3.05) is 17.2 Å². The molecule has 2 aliphatic heterocycles. The standard InChI is InChI=1S/C25H30N2O2.ClH/c28-25(18-10-5-2-6-11-18)26-19-13-14-22-21(16-19)24-20(12-7-15-29-24)23(27-22)17-8-3-1-4-9-17;/h2,5-6,10-11,13-14,16-17,20,23-24,27H,1,3-4,7-9,12,15H2,(H,26,28);1H/t20-,23+,24-;/m0./s1. The molecule has 4 nitrogen and oxygen atoms in total. The van der Waals surface area contributed by atoms with E-state index in [2.05, 4.69) is 22.8 Å². The molecule has 1 amide bonds. The number of anilines is 2. The van der Waals surface area contributed by atoms with Crippen molar-refractivity contribution in [2.45, 2.75) is 57.1 Å². The predicted octanol–water partition coefficient (Wildman–Crippen LogP) is 6.20. The Kier molecular flexibility index (Phi) is 6.64. The van der Waals surface area contributed by atoms with Crippen LogP contribution in [0.4, 0.5) is 11.4 Å². The van der Waals surface area contributed by atoms with Crippen LogP contribution in [0.1, 0.15) is 67.0 Å². The van der Waals surface area contributed by atoms with Crippen LogP contribution in [0.2, 0.25) is 0 Å². The Morgan fingerprint density at radius 2 is 1.77 bits per heavy atom. The number of halogens is 1. The van der Waals surface area contributed by atoms with E-state index >= 15 is 0 Å². The lowest BCUT2D eigenvalue weighted by molar-refractivity contribution is -0.0457. The van der Waals surface area contributed by atoms with Crippen LogP contribution in [0, 0.1) is 11.8 Å². The normalized spacial score (nSPS) is 25.8. The lowest BCUT2D eigenvalue weighted by Crippen LogP contribution is -2.46. The van der Waals surface area contributed by atoms with Crippen LogP contribution in [0.15, 0.2) is 48.5 Å². The van der Waals surface area contributed by atoms with Gasteiger partial charge in [-0.15, -0.1) is 12.4 Å². The molecular weight excluding hydrogens is 396 g/mol. The monoisotopic (exact) mass is 426 g/mol. The predicted molar refractivity (Wildman–Crippen MR) is 123 cm³/mol. The van der Waals surface area contributed by atoms with E-state index in [-0.39, 0.29) is 24.4 Å². The van der Waals surface area contributed by atoms with Gasteiger partial charge < -0.3 is 15.4 Å². The molecule has 3 aliphatic rings. The minimum atomic E-state index is -0.0736. The highest BCUT2D eigenvalue weighted by Crippen LogP contribution is 2.48. The number of benzene rings is 2. The van der Waals surface area contributed by atoms with Crippen molar-refractivity contribution in [1.29, 1.82) is 0 Å². The molecule has 0 spiro atoms. The average Bonchev–Trinajstić information content (AvgIpc) is 2.80. The highest BCUT2D eigenvalue weighted by molar-refractivity contribution is 6.04. The zero-order chi connectivity index (χ0) is 19.6. The first-order valence-corrected chi connectivity index (χ1v) is 11.2. The molecule has 1 saturated heterocycles. The van der Waals surface area contributed by atoms with Gasteiger partial charge in [-0.05, 0) is 61.9 Å². The highest BCUT2D eigenvalue weighted by atomic mass is 35.5. The van der Waals surface area contributed by atoms with Gasteiger partial charge in [0.15, 0.2) is 0 Å². The first-order chi connectivity index (χ1) is 14.3. The quantitative estimate of drug-likeness (QED) is 0.614. The minimum absolute atomic E-state index is 0. The van der Waals surface area contributed by atoms with Crippen LogP contribution in [-0.2, 0) is 4.74 Å². The van der Waals surface area contributed by atoms with Crippen molar-refractivity contribution in [3.8, 4) is 0 Å². The summed E-state index contributed by atoms with van der Waals surface area (Å²) >= 11 is 0. The van der Waals surface area contributed by atoms with E-state index in [0.29, 0.717) is 17.5 Å². The Morgan fingerprint density at radius 3 is 2.57 bits per heavy atom. The van der Waals surface area contributed by atoms with Crippen LogP contribution >= 0.6 is 12.4 Å². The van der Waals surface area contributed by atoms with Gasteiger partial charge in [0.1, 0.15) is 0 Å². The smallest absolute Gasteiger partial charge is 0.255 e. The minimum Gasteiger partial charge on any atom is -0.381 e. The molecule has 160 valence electrons. The molecule has 2 aromatic rings. The van der Waals surface area contributed by atoms with E-state index < -0.39 is 0 Å². The van der Waals surface area contributed by atoms with E-state index in [1.54, 1.807) is 0 Å². The summed E-state index contributed by atoms with van der Waals surface area (Å²) < 4.78 is 6.32. The van der Waals surface area contributed by atoms with Crippen LogP contribution in [0.5, 0.6) is 0 Å². The molecule has 2 N–H and O–H groups in total. The number of carbonyl (C=O) groups is 1. The third kappa shape index (κ3) is 4.21. The molecule has 1 saturated carbocycles. The van der Waals surface area contributed by atoms with Crippen molar-refractivity contribution in [3.63, 3.8) is 0 Å². The van der Waals surface area contributed by atoms with Crippen LogP contribution in [-0.4, -0.2) is 18.6 Å². The Labute approximate surface area is 185 Å². The summed E-state index contributed by atoms with van der Waals surface area (Å²) in [5.74, 6) is 1.21. The second-order valence-electron chi connectivity index (χ2n) is 8.79. The molecule has 30 heavy (non-hydrogen) atoms. The second-order valence-corrected chi connectivity index (χ2v) is 8.79. The summed E-state index contributed by atoms with van der Waals surface area (Å²) in [6, 6.07) is 16.1. The van der Waals surface area contributed by atoms with E-state index in [1.807, 2.05) is 36.4 Å². The summed E-state index contributed by atoms with van der Waals surface area (Å²) in [6.45, 7) is 0.832. The van der Waals surface area contributed by atoms with Gasteiger partial charge in [0, 0.05) is 41.1 Å². The van der Waals surface area contributed by atoms with Crippen LogP contribution in [0.25, 0.3) is 0 Å². The van der Waals surface area contributed by atoms with Gasteiger partial charge in [0.05, 0.1) is 6.10 Å². The van der Waals surface area contributed by atoms with Gasteiger partial charge in [0.25, 0.3) is 5.91 Å². The third-order valence-electron chi connectivity index (χ3n) is 6.96. The Balaban J connectivity index is 0.00000218. The zero-order valence-corrected chi connectivity index (χ0v) is 18.1. The molecule has 5 rings (SSSR count). The number of rotatable bonds is 3. The molecule has 2 heterocycles. The molecule has 0 bridgehead atoms. The molecule has 3 atom stereocenters. The largest absolute Gasteiger partial charge is 0.381 e. The second kappa shape index (κ2) is 9.40. The van der Waals surface area contributed by atoms with Gasteiger partial charge in [-0.2, -0.15) is 0 Å². The van der Waals surface area contributed by atoms with Crippen molar-refractivity contribution in [1.82, 2.24) is 0 Å². The zero-order valence-electron chi connectivity index (χ0n) is 17.3. The summed E-state index contributed by atoms with van der Waals surface area (Å²) in [6.07, 6.45) is 9.28. The molecule has 0 unspecified atom stereocenters.